The summed E-state index contributed by atoms with van der Waals surface area (Å²) in [5, 5.41) is 0.626. The molecule has 1 aliphatic heterocycles. The van der Waals surface area contributed by atoms with Crippen molar-refractivity contribution in [2.45, 2.75) is 51.8 Å². The third kappa shape index (κ3) is 6.80. The van der Waals surface area contributed by atoms with Crippen molar-refractivity contribution in [3.05, 3.63) is 23.8 Å². The smallest absolute Gasteiger partial charge is 0.303 e. The number of ether oxygens (including phenoxy) is 5. The van der Waals surface area contributed by atoms with Gasteiger partial charge in [-0.3, -0.25) is 19.2 Å². The van der Waals surface area contributed by atoms with Crippen LogP contribution in [0.15, 0.2) is 18.2 Å². The zero-order valence-corrected chi connectivity index (χ0v) is 17.4. The molecule has 1 saturated heterocycles. The lowest BCUT2D eigenvalue weighted by atomic mass is 10.0. The van der Waals surface area contributed by atoms with Crippen molar-refractivity contribution < 1.29 is 42.9 Å². The number of hydrogen-bond acceptors (Lipinski definition) is 9. The summed E-state index contributed by atoms with van der Waals surface area (Å²) in [6.07, 6.45) is -2.83. The van der Waals surface area contributed by atoms with E-state index >= 15 is 0 Å². The van der Waals surface area contributed by atoms with Crippen LogP contribution in [-0.4, -0.2) is 55.4 Å². The highest BCUT2D eigenvalue weighted by atomic mass is 31.0. The van der Waals surface area contributed by atoms with Crippen LogP contribution in [-0.2, 0) is 33.3 Å². The van der Waals surface area contributed by atoms with Crippen molar-refractivity contribution in [1.29, 1.82) is 0 Å². The Morgan fingerprint density at radius 1 is 1.14 bits per heavy atom. The molecule has 1 aromatic rings. The minimum atomic E-state index is -0.969. The fraction of sp³-hybridized carbons (Fsp3) is 0.474. The SMILES string of the molecule is CC(=O)OCC1OC(Oc2ccc(C=O)cc2P)CC(OC(C)=O)C1OC(C)=O. The van der Waals surface area contributed by atoms with Gasteiger partial charge in [-0.05, 0) is 18.2 Å². The minimum Gasteiger partial charge on any atom is -0.464 e. The van der Waals surface area contributed by atoms with Crippen LogP contribution in [0.25, 0.3) is 0 Å². The normalized spacial score (nSPS) is 23.6. The van der Waals surface area contributed by atoms with Gasteiger partial charge in [-0.2, -0.15) is 0 Å². The van der Waals surface area contributed by atoms with Crippen molar-refractivity contribution >= 4 is 38.7 Å². The highest BCUT2D eigenvalue weighted by Gasteiger charge is 2.44. The summed E-state index contributed by atoms with van der Waals surface area (Å²) in [5.41, 5.74) is 0.479. The van der Waals surface area contributed by atoms with Crippen LogP contribution in [0.2, 0.25) is 0 Å². The first-order valence-electron chi connectivity index (χ1n) is 8.84. The number of aldehydes is 1. The number of rotatable bonds is 7. The molecule has 1 aliphatic rings. The molecule has 9 nitrogen and oxygen atoms in total. The summed E-state index contributed by atoms with van der Waals surface area (Å²) in [4.78, 5) is 45.2. The Labute approximate surface area is 170 Å². The van der Waals surface area contributed by atoms with Gasteiger partial charge in [0.15, 0.2) is 6.10 Å². The monoisotopic (exact) mass is 426 g/mol. The summed E-state index contributed by atoms with van der Waals surface area (Å²) in [6.45, 7) is 3.46. The summed E-state index contributed by atoms with van der Waals surface area (Å²) in [7, 11) is 2.46. The van der Waals surface area contributed by atoms with Crippen LogP contribution in [0.4, 0.5) is 0 Å². The first kappa shape index (κ1) is 22.8. The fourth-order valence-electron chi connectivity index (χ4n) is 2.86. The first-order chi connectivity index (χ1) is 13.7. The largest absolute Gasteiger partial charge is 0.464 e. The maximum atomic E-state index is 11.5. The Kier molecular flexibility index (Phi) is 8.10. The van der Waals surface area contributed by atoms with Gasteiger partial charge in [-0.25, -0.2) is 0 Å². The van der Waals surface area contributed by atoms with Crippen LogP contribution in [0, 0.1) is 0 Å². The lowest BCUT2D eigenvalue weighted by Gasteiger charge is -2.40. The third-order valence-corrected chi connectivity index (χ3v) is 4.43. The van der Waals surface area contributed by atoms with E-state index in [1.165, 1.54) is 20.8 Å². The average Bonchev–Trinajstić information content (AvgIpc) is 2.63. The maximum Gasteiger partial charge on any atom is 0.303 e. The molecule has 0 radical (unpaired) electrons. The van der Waals surface area contributed by atoms with Gasteiger partial charge in [-0.15, -0.1) is 9.24 Å². The van der Waals surface area contributed by atoms with Gasteiger partial charge < -0.3 is 23.7 Å². The summed E-state index contributed by atoms with van der Waals surface area (Å²) in [6, 6.07) is 4.81. The van der Waals surface area contributed by atoms with Gasteiger partial charge >= 0.3 is 17.9 Å². The topological polar surface area (TPSA) is 114 Å². The number of benzene rings is 1. The molecule has 1 heterocycles. The fourth-order valence-corrected chi connectivity index (χ4v) is 3.22. The van der Waals surface area contributed by atoms with E-state index in [1.54, 1.807) is 18.2 Å². The third-order valence-electron chi connectivity index (χ3n) is 3.98. The molecule has 0 bridgehead atoms. The number of carbonyl (C=O) groups excluding carboxylic acids is 4. The van der Waals surface area contributed by atoms with E-state index in [2.05, 4.69) is 9.24 Å². The van der Waals surface area contributed by atoms with Crippen LogP contribution in [0.5, 0.6) is 5.75 Å². The lowest BCUT2D eigenvalue weighted by Crippen LogP contribution is -2.55. The van der Waals surface area contributed by atoms with Gasteiger partial charge in [-0.1, -0.05) is 0 Å². The van der Waals surface area contributed by atoms with Crippen LogP contribution < -0.4 is 10.0 Å². The first-order valence-corrected chi connectivity index (χ1v) is 9.42. The van der Waals surface area contributed by atoms with Crippen molar-refractivity contribution in [2.24, 2.45) is 0 Å². The van der Waals surface area contributed by atoms with E-state index in [9.17, 15) is 19.2 Å². The summed E-state index contributed by atoms with van der Waals surface area (Å²) >= 11 is 0. The van der Waals surface area contributed by atoms with Gasteiger partial charge in [0.1, 0.15) is 30.9 Å². The maximum absolute atomic E-state index is 11.5. The quantitative estimate of drug-likeness (QED) is 0.272. The molecule has 1 fully saturated rings. The van der Waals surface area contributed by atoms with Gasteiger partial charge in [0.05, 0.1) is 6.42 Å². The molecule has 0 N–H and O–H groups in total. The second-order valence-corrected chi connectivity index (χ2v) is 7.02. The predicted molar refractivity (Wildman–Crippen MR) is 103 cm³/mol. The molecule has 5 unspecified atom stereocenters. The van der Waals surface area contributed by atoms with E-state index in [4.69, 9.17) is 23.7 Å². The highest BCUT2D eigenvalue weighted by Crippen LogP contribution is 2.28. The lowest BCUT2D eigenvalue weighted by molar-refractivity contribution is -0.245. The standard InChI is InChI=1S/C19H23O9P/c1-10(21)24-9-16-19(26-12(3)23)15(25-11(2)22)7-18(28-16)27-14-5-4-13(8-20)6-17(14)29/h4-6,8,15-16,18-19H,7,9,29H2,1-3H3. The molecule has 0 saturated carbocycles. The molecule has 158 valence electrons. The van der Waals surface area contributed by atoms with Crippen LogP contribution in [0.3, 0.4) is 0 Å². The molecule has 2 rings (SSSR count). The number of carbonyl (C=O) groups is 4. The van der Waals surface area contributed by atoms with E-state index in [-0.39, 0.29) is 13.0 Å². The Morgan fingerprint density at radius 2 is 1.83 bits per heavy atom. The summed E-state index contributed by atoms with van der Waals surface area (Å²) < 4.78 is 27.3. The van der Waals surface area contributed by atoms with Crippen LogP contribution >= 0.6 is 9.24 Å². The molecule has 0 spiro atoms. The Morgan fingerprint density at radius 3 is 2.38 bits per heavy atom. The van der Waals surface area contributed by atoms with E-state index in [0.717, 1.165) is 0 Å². The van der Waals surface area contributed by atoms with Crippen molar-refractivity contribution in [3.8, 4) is 5.75 Å². The number of esters is 3. The Balaban J connectivity index is 2.24. The van der Waals surface area contributed by atoms with Crippen molar-refractivity contribution in [2.75, 3.05) is 6.61 Å². The molecule has 0 aromatic heterocycles. The van der Waals surface area contributed by atoms with Gasteiger partial charge in [0.2, 0.25) is 6.29 Å². The second kappa shape index (κ2) is 10.3. The van der Waals surface area contributed by atoms with E-state index < -0.39 is 42.5 Å². The highest BCUT2D eigenvalue weighted by molar-refractivity contribution is 7.27. The number of hydrogen-bond donors (Lipinski definition) is 0. The molecule has 10 heteroatoms. The van der Waals surface area contributed by atoms with Gasteiger partial charge in [0, 0.05) is 31.6 Å². The molecule has 5 atom stereocenters. The molecule has 0 amide bonds. The van der Waals surface area contributed by atoms with Gasteiger partial charge in [0.25, 0.3) is 0 Å². The molecule has 0 aliphatic carbocycles. The van der Waals surface area contributed by atoms with E-state index in [0.29, 0.717) is 22.9 Å². The van der Waals surface area contributed by atoms with Crippen molar-refractivity contribution in [1.82, 2.24) is 0 Å². The molecular formula is C19H23O9P. The summed E-state index contributed by atoms with van der Waals surface area (Å²) in [5.74, 6) is -1.27. The second-order valence-electron chi connectivity index (χ2n) is 6.40. The zero-order chi connectivity index (χ0) is 21.6. The average molecular weight is 426 g/mol. The minimum absolute atomic E-state index is 0.0770. The predicted octanol–water partition coefficient (Wildman–Crippen LogP) is 0.920. The van der Waals surface area contributed by atoms with E-state index in [1.807, 2.05) is 0 Å². The Hall–Kier alpha value is -2.51. The molecular weight excluding hydrogens is 403 g/mol. The molecule has 29 heavy (non-hydrogen) atoms. The zero-order valence-electron chi connectivity index (χ0n) is 16.3. The molecule has 1 aromatic carbocycles. The van der Waals surface area contributed by atoms with Crippen LogP contribution in [0.1, 0.15) is 37.6 Å². The van der Waals surface area contributed by atoms with Crippen molar-refractivity contribution in [3.63, 3.8) is 0 Å². The Bertz CT molecular complexity index is 779.